The Morgan fingerprint density at radius 2 is 1.56 bits per heavy atom. The number of nitrogens with zero attached hydrogens (tertiary/aromatic N) is 2. The molecule has 2 aromatic heterocycles. The first kappa shape index (κ1) is 23.5. The third-order valence-electron chi connectivity index (χ3n) is 5.17. The number of aromatic nitrogens is 1. The van der Waals surface area contributed by atoms with Crippen LogP contribution in [-0.4, -0.2) is 41.1 Å². The minimum absolute atomic E-state index is 0.177. The lowest BCUT2D eigenvalue weighted by molar-refractivity contribution is -0.114. The van der Waals surface area contributed by atoms with Crippen molar-refractivity contribution < 1.29 is 28.3 Å². The Hall–Kier alpha value is -3.63. The summed E-state index contributed by atoms with van der Waals surface area (Å²) >= 11 is 6.63. The molecular weight excluding hydrogens is 476 g/mol. The molecule has 10 heteroatoms. The van der Waals surface area contributed by atoms with E-state index in [-0.39, 0.29) is 17.0 Å². The van der Waals surface area contributed by atoms with Crippen LogP contribution < -0.4 is 5.01 Å². The molecule has 3 heterocycles. The van der Waals surface area contributed by atoms with Gasteiger partial charge in [0, 0.05) is 23.0 Å². The number of esters is 2. The highest BCUT2D eigenvalue weighted by atomic mass is 32.2. The van der Waals surface area contributed by atoms with Crippen LogP contribution in [0.4, 0.5) is 0 Å². The van der Waals surface area contributed by atoms with E-state index in [1.807, 2.05) is 26.0 Å². The SMILES string of the molecule is COC(=O)c1cc(C(=O)OC)cc(-c2ccc(/C=C3/SC(=S)N(n4c(C)ccc4C)C3=O)o2)c1. The predicted molar refractivity (Wildman–Crippen MR) is 132 cm³/mol. The lowest BCUT2D eigenvalue weighted by Crippen LogP contribution is -2.39. The van der Waals surface area contributed by atoms with Crippen molar-refractivity contribution in [1.29, 1.82) is 0 Å². The average molecular weight is 497 g/mol. The van der Waals surface area contributed by atoms with Crippen LogP contribution in [0.15, 0.2) is 51.8 Å². The summed E-state index contributed by atoms with van der Waals surface area (Å²) in [5, 5.41) is 1.46. The number of hydrogen-bond donors (Lipinski definition) is 0. The van der Waals surface area contributed by atoms with E-state index in [2.05, 4.69) is 0 Å². The van der Waals surface area contributed by atoms with Crippen molar-refractivity contribution in [1.82, 2.24) is 4.68 Å². The molecule has 1 aliphatic rings. The molecule has 34 heavy (non-hydrogen) atoms. The molecule has 0 bridgehead atoms. The Morgan fingerprint density at radius 3 is 2.12 bits per heavy atom. The van der Waals surface area contributed by atoms with E-state index in [4.69, 9.17) is 26.1 Å². The first-order chi connectivity index (χ1) is 16.2. The Morgan fingerprint density at radius 1 is 0.971 bits per heavy atom. The van der Waals surface area contributed by atoms with Gasteiger partial charge in [0.05, 0.1) is 30.3 Å². The summed E-state index contributed by atoms with van der Waals surface area (Å²) in [7, 11) is 2.51. The molecule has 1 saturated heterocycles. The number of methoxy groups -OCH3 is 2. The molecule has 4 rings (SSSR count). The maximum atomic E-state index is 13.1. The quantitative estimate of drug-likeness (QED) is 0.290. The van der Waals surface area contributed by atoms with Crippen LogP contribution in [0.25, 0.3) is 17.4 Å². The van der Waals surface area contributed by atoms with Gasteiger partial charge in [-0.25, -0.2) is 9.59 Å². The zero-order valence-corrected chi connectivity index (χ0v) is 20.4. The summed E-state index contributed by atoms with van der Waals surface area (Å²) < 4.78 is 17.7. The van der Waals surface area contributed by atoms with Crippen molar-refractivity contribution in [3.05, 3.63) is 75.6 Å². The van der Waals surface area contributed by atoms with E-state index in [0.717, 1.165) is 11.4 Å². The highest BCUT2D eigenvalue weighted by Crippen LogP contribution is 2.34. The number of ether oxygens (including phenoxy) is 2. The van der Waals surface area contributed by atoms with E-state index in [9.17, 15) is 14.4 Å². The van der Waals surface area contributed by atoms with E-state index in [1.54, 1.807) is 35.0 Å². The lowest BCUT2D eigenvalue weighted by atomic mass is 10.0. The van der Waals surface area contributed by atoms with Crippen LogP contribution in [0, 0.1) is 13.8 Å². The molecule has 174 valence electrons. The van der Waals surface area contributed by atoms with Crippen molar-refractivity contribution in [3.63, 3.8) is 0 Å². The number of carbonyl (C=O) groups excluding carboxylic acids is 3. The van der Waals surface area contributed by atoms with Gasteiger partial charge in [0.2, 0.25) is 0 Å². The van der Waals surface area contributed by atoms with Gasteiger partial charge in [-0.2, -0.15) is 5.01 Å². The molecular formula is C24H20N2O6S2. The summed E-state index contributed by atoms with van der Waals surface area (Å²) in [6.07, 6.45) is 1.61. The van der Waals surface area contributed by atoms with Gasteiger partial charge in [0.25, 0.3) is 5.91 Å². The molecule has 0 saturated carbocycles. The topological polar surface area (TPSA) is 91.0 Å². The second-order valence-electron chi connectivity index (χ2n) is 7.41. The summed E-state index contributed by atoms with van der Waals surface area (Å²) in [5.74, 6) is -0.638. The maximum absolute atomic E-state index is 13.1. The molecule has 0 N–H and O–H groups in total. The fourth-order valence-corrected chi connectivity index (χ4v) is 4.79. The minimum atomic E-state index is -0.599. The minimum Gasteiger partial charge on any atom is -0.465 e. The molecule has 0 aliphatic carbocycles. The highest BCUT2D eigenvalue weighted by Gasteiger charge is 2.35. The summed E-state index contributed by atoms with van der Waals surface area (Å²) in [6, 6.07) is 11.7. The Kier molecular flexibility index (Phi) is 6.45. The van der Waals surface area contributed by atoms with Gasteiger partial charge in [-0.3, -0.25) is 9.47 Å². The number of thioether (sulfide) groups is 1. The predicted octanol–water partition coefficient (Wildman–Crippen LogP) is 4.48. The molecule has 1 aromatic carbocycles. The standard InChI is InChI=1S/C24H20N2O6S2/c1-13-5-6-14(2)25(13)26-21(27)20(34-24(26)33)12-18-7-8-19(32-18)15-9-16(22(28)30-3)11-17(10-15)23(29)31-4/h5-12H,1-4H3/b20-12+. The molecule has 3 aromatic rings. The summed E-state index contributed by atoms with van der Waals surface area (Å²) in [5.41, 5.74) is 2.62. The molecule has 1 amide bonds. The van der Waals surface area contributed by atoms with Gasteiger partial charge in [-0.05, 0) is 68.5 Å². The third kappa shape index (κ3) is 4.29. The zero-order valence-electron chi connectivity index (χ0n) is 18.8. The second kappa shape index (κ2) is 9.32. The number of benzene rings is 1. The summed E-state index contributed by atoms with van der Waals surface area (Å²) in [6.45, 7) is 3.80. The van der Waals surface area contributed by atoms with Gasteiger partial charge < -0.3 is 13.9 Å². The Labute approximate surface area is 205 Å². The molecule has 0 spiro atoms. The van der Waals surface area contributed by atoms with Crippen LogP contribution in [0.3, 0.4) is 0 Å². The number of furan rings is 1. The largest absolute Gasteiger partial charge is 0.465 e. The average Bonchev–Trinajstić information content (AvgIpc) is 3.51. The first-order valence-electron chi connectivity index (χ1n) is 10.1. The van der Waals surface area contributed by atoms with Crippen LogP contribution in [0.2, 0.25) is 0 Å². The van der Waals surface area contributed by atoms with Crippen LogP contribution in [0.5, 0.6) is 0 Å². The van der Waals surface area contributed by atoms with Gasteiger partial charge in [0.1, 0.15) is 11.5 Å². The van der Waals surface area contributed by atoms with Crippen molar-refractivity contribution in [3.8, 4) is 11.3 Å². The van der Waals surface area contributed by atoms with Crippen LogP contribution in [0.1, 0.15) is 37.9 Å². The maximum Gasteiger partial charge on any atom is 0.337 e. The first-order valence-corrected chi connectivity index (χ1v) is 11.3. The van der Waals surface area contributed by atoms with Crippen molar-refractivity contribution in [2.24, 2.45) is 0 Å². The molecule has 1 aliphatic heterocycles. The van der Waals surface area contributed by atoms with Crippen molar-refractivity contribution in [2.45, 2.75) is 13.8 Å². The van der Waals surface area contributed by atoms with Crippen LogP contribution in [-0.2, 0) is 14.3 Å². The van der Waals surface area contributed by atoms with E-state index >= 15 is 0 Å². The number of rotatable bonds is 5. The van der Waals surface area contributed by atoms with Gasteiger partial charge in [-0.1, -0.05) is 11.8 Å². The van der Waals surface area contributed by atoms with E-state index in [1.165, 1.54) is 37.1 Å². The third-order valence-corrected chi connectivity index (χ3v) is 6.45. The Bertz CT molecular complexity index is 1310. The van der Waals surface area contributed by atoms with Crippen molar-refractivity contribution in [2.75, 3.05) is 19.2 Å². The van der Waals surface area contributed by atoms with Crippen LogP contribution >= 0.6 is 24.0 Å². The summed E-state index contributed by atoms with van der Waals surface area (Å²) in [4.78, 5) is 37.6. The smallest absolute Gasteiger partial charge is 0.337 e. The molecule has 8 nitrogen and oxygen atoms in total. The lowest BCUT2D eigenvalue weighted by Gasteiger charge is -2.20. The fourth-order valence-electron chi connectivity index (χ4n) is 3.56. The number of thiocarbonyl (C=S) groups is 1. The molecule has 0 unspecified atom stereocenters. The highest BCUT2D eigenvalue weighted by molar-refractivity contribution is 8.27. The monoisotopic (exact) mass is 496 g/mol. The molecule has 1 fully saturated rings. The van der Waals surface area contributed by atoms with Gasteiger partial charge in [-0.15, -0.1) is 0 Å². The number of carbonyl (C=O) groups is 3. The second-order valence-corrected chi connectivity index (χ2v) is 9.08. The molecule has 0 radical (unpaired) electrons. The van der Waals surface area contributed by atoms with E-state index < -0.39 is 11.9 Å². The normalized spacial score (nSPS) is 14.7. The van der Waals surface area contributed by atoms with Crippen molar-refractivity contribution >= 4 is 52.2 Å². The fraction of sp³-hybridized carbons (Fsp3) is 0.167. The Balaban J connectivity index is 1.67. The van der Waals surface area contributed by atoms with Gasteiger partial charge >= 0.3 is 11.9 Å². The number of hydrogen-bond acceptors (Lipinski definition) is 8. The number of amides is 1. The van der Waals surface area contributed by atoms with E-state index in [0.29, 0.717) is 26.3 Å². The zero-order chi connectivity index (χ0) is 24.6. The number of aryl methyl sites for hydroxylation is 2. The van der Waals surface area contributed by atoms with Gasteiger partial charge in [0.15, 0.2) is 4.32 Å². The molecule has 0 atom stereocenters.